The molecule has 2 aromatic heterocycles. The Kier molecular flexibility index (Phi) is 4.76. The van der Waals surface area contributed by atoms with Crippen LogP contribution >= 0.6 is 11.3 Å². The second kappa shape index (κ2) is 7.19. The van der Waals surface area contributed by atoms with Crippen LogP contribution in [0.5, 0.6) is 0 Å². The lowest BCUT2D eigenvalue weighted by Crippen LogP contribution is -2.31. The number of carbonyl (C=O) groups excluding carboxylic acids is 1. The highest BCUT2D eigenvalue weighted by atomic mass is 32.1. The van der Waals surface area contributed by atoms with Crippen LogP contribution in [0.15, 0.2) is 30.5 Å². The van der Waals surface area contributed by atoms with E-state index in [1.165, 1.54) is 18.6 Å². The van der Waals surface area contributed by atoms with E-state index in [0.717, 1.165) is 52.5 Å². The van der Waals surface area contributed by atoms with Gasteiger partial charge in [0.25, 0.3) is 0 Å². The van der Waals surface area contributed by atoms with Crippen LogP contribution in [0.4, 0.5) is 4.39 Å². The largest absolute Gasteiger partial charge is 0.351 e. The molecule has 0 spiro atoms. The number of thiazole rings is 1. The molecule has 0 unspecified atom stereocenters. The molecule has 0 aliphatic heterocycles. The van der Waals surface area contributed by atoms with Crippen LogP contribution < -0.4 is 5.32 Å². The Hall–Kier alpha value is -2.21. The van der Waals surface area contributed by atoms with Crippen LogP contribution in [0.25, 0.3) is 16.2 Å². The minimum atomic E-state index is -0.248. The lowest BCUT2D eigenvalue weighted by Gasteiger charge is -2.20. The fourth-order valence-electron chi connectivity index (χ4n) is 3.59. The quantitative estimate of drug-likeness (QED) is 0.722. The minimum absolute atomic E-state index is 0.179. The Morgan fingerprint density at radius 1 is 1.27 bits per heavy atom. The van der Waals surface area contributed by atoms with E-state index in [4.69, 9.17) is 0 Å². The number of imidazole rings is 1. The van der Waals surface area contributed by atoms with Crippen LogP contribution in [0.2, 0.25) is 0 Å². The number of rotatable bonds is 4. The van der Waals surface area contributed by atoms with Crippen LogP contribution in [0, 0.1) is 18.7 Å². The molecule has 136 valence electrons. The maximum atomic E-state index is 13.1. The highest BCUT2D eigenvalue weighted by molar-refractivity contribution is 7.17. The second-order valence-electron chi connectivity index (χ2n) is 6.95. The maximum absolute atomic E-state index is 13.1. The van der Waals surface area contributed by atoms with Crippen molar-refractivity contribution >= 4 is 22.2 Å². The maximum Gasteiger partial charge on any atom is 0.223 e. The molecule has 1 aromatic carbocycles. The number of fused-ring (bicyclic) bond motifs is 1. The van der Waals surface area contributed by atoms with Gasteiger partial charge in [0.15, 0.2) is 4.96 Å². The van der Waals surface area contributed by atoms with E-state index in [2.05, 4.69) is 10.3 Å². The molecule has 6 heteroatoms. The molecule has 1 N–H and O–H groups in total. The van der Waals surface area contributed by atoms with Gasteiger partial charge in [-0.1, -0.05) is 30.6 Å². The van der Waals surface area contributed by atoms with Crippen molar-refractivity contribution in [2.75, 3.05) is 0 Å². The van der Waals surface area contributed by atoms with Crippen molar-refractivity contribution in [2.45, 2.75) is 45.6 Å². The first kappa shape index (κ1) is 17.2. The molecule has 1 aliphatic carbocycles. The van der Waals surface area contributed by atoms with Crippen molar-refractivity contribution in [1.82, 2.24) is 14.7 Å². The summed E-state index contributed by atoms with van der Waals surface area (Å²) in [6.07, 6.45) is 7.58. The lowest BCUT2D eigenvalue weighted by atomic mass is 9.89. The van der Waals surface area contributed by atoms with Gasteiger partial charge in [0, 0.05) is 28.2 Å². The molecule has 0 radical (unpaired) electrons. The standard InChI is InChI=1S/C20H22FN3OS/c1-13-18(11-22-19(25)15-5-3-2-4-6-15)26-20-23-17(12-24(13)20)14-7-9-16(21)10-8-14/h7-10,12,15H,2-6,11H2,1H3,(H,22,25). The first-order chi connectivity index (χ1) is 12.6. The summed E-state index contributed by atoms with van der Waals surface area (Å²) in [5, 5.41) is 3.10. The van der Waals surface area contributed by atoms with Gasteiger partial charge < -0.3 is 5.32 Å². The number of nitrogens with zero attached hydrogens (tertiary/aromatic N) is 2. The van der Waals surface area contributed by atoms with Gasteiger partial charge in [-0.05, 0) is 44.0 Å². The van der Waals surface area contributed by atoms with E-state index in [9.17, 15) is 9.18 Å². The van der Waals surface area contributed by atoms with E-state index < -0.39 is 0 Å². The highest BCUT2D eigenvalue weighted by Gasteiger charge is 2.21. The van der Waals surface area contributed by atoms with Crippen molar-refractivity contribution in [3.63, 3.8) is 0 Å². The molecule has 1 aliphatic rings. The highest BCUT2D eigenvalue weighted by Crippen LogP contribution is 2.28. The molecule has 26 heavy (non-hydrogen) atoms. The van der Waals surface area contributed by atoms with E-state index in [-0.39, 0.29) is 17.6 Å². The molecule has 0 atom stereocenters. The average molecular weight is 371 g/mol. The van der Waals surface area contributed by atoms with Gasteiger partial charge in [-0.3, -0.25) is 9.20 Å². The van der Waals surface area contributed by atoms with Crippen molar-refractivity contribution in [3.8, 4) is 11.3 Å². The van der Waals surface area contributed by atoms with Crippen LogP contribution in [-0.2, 0) is 11.3 Å². The SMILES string of the molecule is Cc1c(CNC(=O)C2CCCCC2)sc2nc(-c3ccc(F)cc3)cn12. The summed E-state index contributed by atoms with van der Waals surface area (Å²) in [6, 6.07) is 6.37. The number of halogens is 1. The Morgan fingerprint density at radius 2 is 2.00 bits per heavy atom. The van der Waals surface area contributed by atoms with Gasteiger partial charge in [0.2, 0.25) is 5.91 Å². The zero-order valence-corrected chi connectivity index (χ0v) is 15.6. The zero-order valence-electron chi connectivity index (χ0n) is 14.8. The average Bonchev–Trinajstić information content (AvgIpc) is 3.20. The number of carbonyl (C=O) groups is 1. The third kappa shape index (κ3) is 3.38. The molecular formula is C20H22FN3OS. The summed E-state index contributed by atoms with van der Waals surface area (Å²) in [4.78, 5) is 19.0. The number of amides is 1. The van der Waals surface area contributed by atoms with E-state index >= 15 is 0 Å². The van der Waals surface area contributed by atoms with Gasteiger partial charge >= 0.3 is 0 Å². The molecule has 0 bridgehead atoms. The molecule has 1 fully saturated rings. The summed E-state index contributed by atoms with van der Waals surface area (Å²) >= 11 is 1.59. The van der Waals surface area contributed by atoms with Gasteiger partial charge in [0.05, 0.1) is 12.2 Å². The third-order valence-electron chi connectivity index (χ3n) is 5.19. The summed E-state index contributed by atoms with van der Waals surface area (Å²) in [6.45, 7) is 2.60. The molecular weight excluding hydrogens is 349 g/mol. The first-order valence-corrected chi connectivity index (χ1v) is 9.94. The first-order valence-electron chi connectivity index (χ1n) is 9.13. The normalized spacial score (nSPS) is 15.5. The van der Waals surface area contributed by atoms with E-state index in [1.807, 2.05) is 17.5 Å². The van der Waals surface area contributed by atoms with Crippen LogP contribution in [0.3, 0.4) is 0 Å². The van der Waals surface area contributed by atoms with E-state index in [1.54, 1.807) is 23.5 Å². The number of hydrogen-bond donors (Lipinski definition) is 1. The molecule has 0 saturated heterocycles. The Morgan fingerprint density at radius 3 is 2.69 bits per heavy atom. The molecule has 2 heterocycles. The monoisotopic (exact) mass is 371 g/mol. The van der Waals surface area contributed by atoms with Gasteiger partial charge in [-0.2, -0.15) is 0 Å². The fraction of sp³-hybridized carbons (Fsp3) is 0.400. The smallest absolute Gasteiger partial charge is 0.223 e. The molecule has 4 nitrogen and oxygen atoms in total. The number of aryl methyl sites for hydroxylation is 1. The van der Waals surface area contributed by atoms with Crippen LogP contribution in [-0.4, -0.2) is 15.3 Å². The Balaban J connectivity index is 1.48. The molecule has 4 rings (SSSR count). The summed E-state index contributed by atoms with van der Waals surface area (Å²) in [5.74, 6) is 0.113. The number of nitrogens with one attached hydrogen (secondary N) is 1. The van der Waals surface area contributed by atoms with Gasteiger partial charge in [-0.25, -0.2) is 9.37 Å². The van der Waals surface area contributed by atoms with Crippen LogP contribution in [0.1, 0.15) is 42.7 Å². The van der Waals surface area contributed by atoms with Crippen molar-refractivity contribution in [3.05, 3.63) is 46.9 Å². The summed E-state index contributed by atoms with van der Waals surface area (Å²) < 4.78 is 15.1. The molecule has 1 saturated carbocycles. The van der Waals surface area contributed by atoms with E-state index in [0.29, 0.717) is 6.54 Å². The third-order valence-corrected chi connectivity index (χ3v) is 6.35. The second-order valence-corrected chi connectivity index (χ2v) is 8.01. The summed E-state index contributed by atoms with van der Waals surface area (Å²) in [7, 11) is 0. The fourth-order valence-corrected chi connectivity index (χ4v) is 4.64. The molecule has 1 amide bonds. The van der Waals surface area contributed by atoms with Crippen molar-refractivity contribution < 1.29 is 9.18 Å². The lowest BCUT2D eigenvalue weighted by molar-refractivity contribution is -0.126. The molecule has 3 aromatic rings. The van der Waals surface area contributed by atoms with Gasteiger partial charge in [0.1, 0.15) is 5.82 Å². The van der Waals surface area contributed by atoms with Gasteiger partial charge in [-0.15, -0.1) is 0 Å². The Bertz CT molecular complexity index is 923. The van der Waals surface area contributed by atoms with Crippen molar-refractivity contribution in [2.24, 2.45) is 5.92 Å². The minimum Gasteiger partial charge on any atom is -0.351 e. The predicted molar refractivity (Wildman–Crippen MR) is 102 cm³/mol. The zero-order chi connectivity index (χ0) is 18.1. The number of hydrogen-bond acceptors (Lipinski definition) is 3. The number of benzene rings is 1. The number of aromatic nitrogens is 2. The Labute approximate surface area is 156 Å². The van der Waals surface area contributed by atoms with Crippen molar-refractivity contribution in [1.29, 1.82) is 0 Å². The predicted octanol–water partition coefficient (Wildman–Crippen LogP) is 4.71. The summed E-state index contributed by atoms with van der Waals surface area (Å²) in [5.41, 5.74) is 2.82. The topological polar surface area (TPSA) is 46.4 Å².